The molecule has 0 spiro atoms. The number of benzene rings is 1. The van der Waals surface area contributed by atoms with Crippen LogP contribution in [0.5, 0.6) is 0 Å². The number of amides is 1. The molecule has 1 atom stereocenters. The van der Waals surface area contributed by atoms with E-state index in [2.05, 4.69) is 36.3 Å². The Bertz CT molecular complexity index is 1330. The number of nitrogens with zero attached hydrogens (tertiary/aromatic N) is 5. The predicted molar refractivity (Wildman–Crippen MR) is 117 cm³/mol. The van der Waals surface area contributed by atoms with E-state index < -0.39 is 23.7 Å². The lowest BCUT2D eigenvalue weighted by atomic mass is 10.1. The van der Waals surface area contributed by atoms with E-state index in [1.54, 1.807) is 24.8 Å². The van der Waals surface area contributed by atoms with E-state index in [0.717, 1.165) is 31.1 Å². The highest BCUT2D eigenvalue weighted by atomic mass is 79.9. The second-order valence-corrected chi connectivity index (χ2v) is 9.25. The molecule has 4 aromatic rings. The van der Waals surface area contributed by atoms with Crippen LogP contribution in [0.4, 0.5) is 18.3 Å². The molecule has 0 bridgehead atoms. The van der Waals surface area contributed by atoms with E-state index in [1.807, 2.05) is 4.57 Å². The Hall–Kier alpha value is -2.73. The van der Waals surface area contributed by atoms with Crippen molar-refractivity contribution in [1.82, 2.24) is 24.3 Å². The second kappa shape index (κ2) is 7.69. The minimum atomic E-state index is -4.57. The van der Waals surface area contributed by atoms with Crippen LogP contribution < -0.4 is 5.32 Å². The lowest BCUT2D eigenvalue weighted by molar-refractivity contribution is -0.136. The summed E-state index contributed by atoms with van der Waals surface area (Å²) < 4.78 is 44.8. The third-order valence-electron chi connectivity index (χ3n) is 5.54. The number of carbonyl (C=O) groups is 1. The molecule has 3 aromatic heterocycles. The molecule has 0 radical (unpaired) electrons. The molecule has 5 rings (SSSR count). The van der Waals surface area contributed by atoms with Crippen LogP contribution in [0.2, 0.25) is 0 Å². The standard InChI is InChI=1S/C20H16BrF3N6OS/c1-10-13(21)7-12(20(22,23)24)11-8-30(28-15(10)11)17(18(31)27-19-25-4-6-32-19)16-14-3-2-5-29(14)9-26-16/h4,6-9,17H,2-3,5H2,1H3,(H,25,27,31). The third-order valence-corrected chi connectivity index (χ3v) is 7.05. The van der Waals surface area contributed by atoms with Gasteiger partial charge in [-0.3, -0.25) is 14.8 Å². The van der Waals surface area contributed by atoms with Crippen LogP contribution >= 0.6 is 27.3 Å². The van der Waals surface area contributed by atoms with Gasteiger partial charge in [0.15, 0.2) is 11.2 Å². The molecule has 1 N–H and O–H groups in total. The second-order valence-electron chi connectivity index (χ2n) is 7.50. The van der Waals surface area contributed by atoms with Gasteiger partial charge in [-0.1, -0.05) is 15.9 Å². The summed E-state index contributed by atoms with van der Waals surface area (Å²) in [4.78, 5) is 21.9. The first-order valence-electron chi connectivity index (χ1n) is 9.73. The molecule has 0 aliphatic carbocycles. The maximum Gasteiger partial charge on any atom is 0.417 e. The lowest BCUT2D eigenvalue weighted by Crippen LogP contribution is -2.28. The van der Waals surface area contributed by atoms with Gasteiger partial charge in [0.2, 0.25) is 0 Å². The predicted octanol–water partition coefficient (Wildman–Crippen LogP) is 4.95. The van der Waals surface area contributed by atoms with Gasteiger partial charge in [0.05, 0.1) is 23.1 Å². The summed E-state index contributed by atoms with van der Waals surface area (Å²) in [6, 6.07) is 0.00255. The van der Waals surface area contributed by atoms with E-state index >= 15 is 0 Å². The van der Waals surface area contributed by atoms with Gasteiger partial charge in [-0.2, -0.15) is 18.3 Å². The summed E-state index contributed by atoms with van der Waals surface area (Å²) >= 11 is 4.45. The molecule has 4 heterocycles. The number of aryl methyl sites for hydroxylation is 2. The largest absolute Gasteiger partial charge is 0.417 e. The third kappa shape index (κ3) is 3.51. The van der Waals surface area contributed by atoms with Crippen LogP contribution in [0.15, 0.2) is 34.6 Å². The molecule has 166 valence electrons. The average Bonchev–Trinajstić information content (AvgIpc) is 3.49. The quantitative estimate of drug-likeness (QED) is 0.409. The van der Waals surface area contributed by atoms with Crippen molar-refractivity contribution in [2.75, 3.05) is 5.32 Å². The molecule has 0 fully saturated rings. The molecule has 32 heavy (non-hydrogen) atoms. The molecule has 7 nitrogen and oxygen atoms in total. The Morgan fingerprint density at radius 3 is 2.88 bits per heavy atom. The first-order chi connectivity index (χ1) is 15.2. The van der Waals surface area contributed by atoms with Crippen molar-refractivity contribution in [3.63, 3.8) is 0 Å². The number of anilines is 1. The number of alkyl halides is 3. The monoisotopic (exact) mass is 524 g/mol. The first-order valence-corrected chi connectivity index (χ1v) is 11.4. The van der Waals surface area contributed by atoms with Gasteiger partial charge in [0, 0.05) is 39.9 Å². The van der Waals surface area contributed by atoms with E-state index in [1.165, 1.54) is 22.2 Å². The Balaban J connectivity index is 1.69. The summed E-state index contributed by atoms with van der Waals surface area (Å²) in [7, 11) is 0. The number of hydrogen-bond donors (Lipinski definition) is 1. The number of thiazole rings is 1. The topological polar surface area (TPSA) is 77.6 Å². The van der Waals surface area contributed by atoms with Crippen molar-refractivity contribution in [3.8, 4) is 0 Å². The molecule has 1 amide bonds. The summed E-state index contributed by atoms with van der Waals surface area (Å²) in [5.74, 6) is -0.466. The highest BCUT2D eigenvalue weighted by Crippen LogP contribution is 2.39. The molecular formula is C20H16BrF3N6OS. The Morgan fingerprint density at radius 1 is 1.34 bits per heavy atom. The van der Waals surface area contributed by atoms with Gasteiger partial charge in [0.25, 0.3) is 5.91 Å². The molecule has 1 unspecified atom stereocenters. The van der Waals surface area contributed by atoms with Crippen molar-refractivity contribution in [1.29, 1.82) is 0 Å². The maximum atomic E-state index is 13.7. The van der Waals surface area contributed by atoms with E-state index in [9.17, 15) is 18.0 Å². The number of nitrogens with one attached hydrogen (secondary N) is 1. The number of hydrogen-bond acceptors (Lipinski definition) is 5. The number of imidazole rings is 1. The van der Waals surface area contributed by atoms with Gasteiger partial charge in [-0.05, 0) is 31.4 Å². The number of aromatic nitrogens is 5. The highest BCUT2D eigenvalue weighted by molar-refractivity contribution is 9.10. The summed E-state index contributed by atoms with van der Waals surface area (Å²) in [6.45, 7) is 2.47. The SMILES string of the molecule is Cc1c(Br)cc(C(F)(F)F)c2cn(C(C(=O)Nc3nccs3)c3ncn4c3CCC4)nc12. The number of rotatable bonds is 4. The first kappa shape index (κ1) is 21.1. The molecule has 12 heteroatoms. The van der Waals surface area contributed by atoms with Gasteiger partial charge < -0.3 is 4.57 Å². The maximum absolute atomic E-state index is 13.7. The van der Waals surface area contributed by atoms with Gasteiger partial charge in [-0.15, -0.1) is 11.3 Å². The zero-order chi connectivity index (χ0) is 22.6. The minimum absolute atomic E-state index is 0.0684. The van der Waals surface area contributed by atoms with Crippen molar-refractivity contribution in [2.45, 2.75) is 38.5 Å². The van der Waals surface area contributed by atoms with Crippen LogP contribution in [0, 0.1) is 6.92 Å². The number of halogens is 4. The summed E-state index contributed by atoms with van der Waals surface area (Å²) in [6.07, 6.45) is 1.57. The molecular weight excluding hydrogens is 509 g/mol. The van der Waals surface area contributed by atoms with Crippen LogP contribution in [-0.2, 0) is 23.9 Å². The van der Waals surface area contributed by atoms with E-state index in [0.29, 0.717) is 20.9 Å². The average molecular weight is 525 g/mol. The van der Waals surface area contributed by atoms with Crippen LogP contribution in [-0.4, -0.2) is 30.2 Å². The Labute approximate surface area is 192 Å². The zero-order valence-electron chi connectivity index (χ0n) is 16.6. The molecule has 1 aromatic carbocycles. The molecule has 0 saturated heterocycles. The van der Waals surface area contributed by atoms with Crippen molar-refractivity contribution < 1.29 is 18.0 Å². The van der Waals surface area contributed by atoms with Gasteiger partial charge in [0.1, 0.15) is 0 Å². The van der Waals surface area contributed by atoms with Crippen LogP contribution in [0.1, 0.15) is 35.0 Å². The minimum Gasteiger partial charge on any atom is -0.334 e. The van der Waals surface area contributed by atoms with Crippen molar-refractivity contribution >= 4 is 49.2 Å². The fourth-order valence-electron chi connectivity index (χ4n) is 4.02. The lowest BCUT2D eigenvalue weighted by Gasteiger charge is -2.16. The number of carbonyl (C=O) groups excluding carboxylic acids is 1. The van der Waals surface area contributed by atoms with E-state index in [-0.39, 0.29) is 10.9 Å². The molecule has 1 aliphatic heterocycles. The van der Waals surface area contributed by atoms with Crippen LogP contribution in [0.3, 0.4) is 0 Å². The fraction of sp³-hybridized carbons (Fsp3) is 0.300. The Kier molecular flexibility index (Phi) is 5.08. The van der Waals surface area contributed by atoms with Crippen LogP contribution in [0.25, 0.3) is 10.9 Å². The van der Waals surface area contributed by atoms with Gasteiger partial charge in [-0.25, -0.2) is 9.97 Å². The van der Waals surface area contributed by atoms with Crippen molar-refractivity contribution in [2.24, 2.45) is 0 Å². The highest BCUT2D eigenvalue weighted by Gasteiger charge is 2.36. The zero-order valence-corrected chi connectivity index (χ0v) is 19.1. The summed E-state index contributed by atoms with van der Waals surface area (Å²) in [5, 5.41) is 9.22. The van der Waals surface area contributed by atoms with E-state index in [4.69, 9.17) is 0 Å². The summed E-state index contributed by atoms with van der Waals surface area (Å²) in [5.41, 5.74) is 1.29. The molecule has 1 aliphatic rings. The normalized spacial score (nSPS) is 14.7. The smallest absolute Gasteiger partial charge is 0.334 e. The number of fused-ring (bicyclic) bond motifs is 2. The fourth-order valence-corrected chi connectivity index (χ4v) is 4.97. The van der Waals surface area contributed by atoms with Gasteiger partial charge >= 0.3 is 6.18 Å². The Morgan fingerprint density at radius 2 is 2.16 bits per heavy atom. The van der Waals surface area contributed by atoms with Crippen molar-refractivity contribution in [3.05, 3.63) is 57.2 Å². The molecule has 0 saturated carbocycles.